The summed E-state index contributed by atoms with van der Waals surface area (Å²) in [7, 11) is 1.40. The van der Waals surface area contributed by atoms with Crippen LogP contribution in [0, 0.1) is 0 Å². The fraction of sp³-hybridized carbons (Fsp3) is 0.381. The van der Waals surface area contributed by atoms with Crippen LogP contribution in [0.3, 0.4) is 0 Å². The summed E-state index contributed by atoms with van der Waals surface area (Å²) >= 11 is 0. The third-order valence-electron chi connectivity index (χ3n) is 4.69. The molecule has 150 valence electrons. The van der Waals surface area contributed by atoms with E-state index in [-0.39, 0.29) is 6.54 Å². The Morgan fingerprint density at radius 3 is 2.79 bits per heavy atom. The van der Waals surface area contributed by atoms with Crippen LogP contribution >= 0.6 is 0 Å². The number of carbonyl (C=O) groups is 1. The summed E-state index contributed by atoms with van der Waals surface area (Å²) in [5.41, 5.74) is 2.78. The molecule has 1 heterocycles. The summed E-state index contributed by atoms with van der Waals surface area (Å²) in [4.78, 5) is 13.0. The number of para-hydroxylation sites is 2. The zero-order valence-electron chi connectivity index (χ0n) is 15.8. The van der Waals surface area contributed by atoms with E-state index < -0.39 is 18.4 Å². The molecule has 2 atom stereocenters. The lowest BCUT2D eigenvalue weighted by molar-refractivity contribution is -0.148. The molecular weight excluding hydrogens is 363 g/mol. The molecule has 0 aromatic heterocycles. The maximum atomic E-state index is 13.8. The molecule has 1 aliphatic rings. The first-order valence-corrected chi connectivity index (χ1v) is 9.30. The van der Waals surface area contributed by atoms with Crippen molar-refractivity contribution >= 4 is 17.3 Å². The zero-order valence-corrected chi connectivity index (χ0v) is 15.8. The third kappa shape index (κ3) is 5.13. The van der Waals surface area contributed by atoms with E-state index in [2.05, 4.69) is 5.32 Å². The van der Waals surface area contributed by atoms with Crippen LogP contribution in [-0.2, 0) is 16.0 Å². The Morgan fingerprint density at radius 1 is 1.32 bits per heavy atom. The number of benzene rings is 2. The van der Waals surface area contributed by atoms with E-state index >= 15 is 0 Å². The molecule has 0 radical (unpaired) electrons. The number of hydrogen-bond acceptors (Lipinski definition) is 5. The number of hydrogen-bond donors (Lipinski definition) is 2. The second-order valence-corrected chi connectivity index (χ2v) is 6.69. The van der Waals surface area contributed by atoms with Crippen molar-refractivity contribution in [2.24, 2.45) is 0 Å². The minimum Gasteiger partial charge on any atom is -0.479 e. The number of ether oxygens (including phenoxy) is 2. The van der Waals surface area contributed by atoms with Gasteiger partial charge in [0.2, 0.25) is 0 Å². The number of carboxylic acids is 1. The monoisotopic (exact) mass is 388 g/mol. The Morgan fingerprint density at radius 2 is 2.07 bits per heavy atom. The van der Waals surface area contributed by atoms with E-state index in [0.29, 0.717) is 12.2 Å². The molecule has 0 bridgehead atoms. The Labute approximate surface area is 163 Å². The van der Waals surface area contributed by atoms with Crippen LogP contribution < -0.4 is 15.0 Å². The van der Waals surface area contributed by atoms with E-state index in [1.165, 1.54) is 7.11 Å². The summed E-state index contributed by atoms with van der Waals surface area (Å²) < 4.78 is 24.0. The van der Waals surface area contributed by atoms with Crippen LogP contribution in [0.2, 0.25) is 0 Å². The Balaban J connectivity index is 1.46. The lowest BCUT2D eigenvalue weighted by Gasteiger charge is -2.33. The maximum Gasteiger partial charge on any atom is 0.333 e. The summed E-state index contributed by atoms with van der Waals surface area (Å²) in [6.07, 6.45) is -0.979. The topological polar surface area (TPSA) is 71.0 Å². The minimum atomic E-state index is -1.31. The predicted molar refractivity (Wildman–Crippen MR) is 106 cm³/mol. The first-order chi connectivity index (χ1) is 13.6. The number of methoxy groups -OCH3 is 1. The van der Waals surface area contributed by atoms with Crippen molar-refractivity contribution in [3.63, 3.8) is 0 Å². The normalized spacial score (nSPS) is 16.8. The van der Waals surface area contributed by atoms with E-state index in [4.69, 9.17) is 14.6 Å². The van der Waals surface area contributed by atoms with Crippen molar-refractivity contribution < 1.29 is 23.8 Å². The molecule has 2 aromatic rings. The summed E-state index contributed by atoms with van der Waals surface area (Å²) in [6.45, 7) is 1.70. The van der Waals surface area contributed by atoms with E-state index in [0.717, 1.165) is 36.4 Å². The summed E-state index contributed by atoms with van der Waals surface area (Å²) in [5.74, 6) is -0.384. The van der Waals surface area contributed by atoms with Crippen molar-refractivity contribution in [3.8, 4) is 5.75 Å². The third-order valence-corrected chi connectivity index (χ3v) is 4.69. The molecule has 0 saturated heterocycles. The van der Waals surface area contributed by atoms with Gasteiger partial charge in [-0.05, 0) is 36.2 Å². The largest absolute Gasteiger partial charge is 0.479 e. The molecule has 2 aromatic carbocycles. The predicted octanol–water partition coefficient (Wildman–Crippen LogP) is 3.33. The highest BCUT2D eigenvalue weighted by molar-refractivity contribution is 5.72. The smallest absolute Gasteiger partial charge is 0.333 e. The van der Waals surface area contributed by atoms with Gasteiger partial charge in [-0.1, -0.05) is 24.3 Å². The first kappa shape index (κ1) is 19.9. The highest BCUT2D eigenvalue weighted by atomic mass is 19.1. The second kappa shape index (κ2) is 9.41. The average molecular weight is 388 g/mol. The van der Waals surface area contributed by atoms with Crippen LogP contribution in [-0.4, -0.2) is 50.3 Å². The van der Waals surface area contributed by atoms with E-state index in [1.54, 1.807) is 6.07 Å². The fourth-order valence-corrected chi connectivity index (χ4v) is 3.22. The molecule has 0 saturated carbocycles. The average Bonchev–Trinajstić information content (AvgIpc) is 2.70. The van der Waals surface area contributed by atoms with Crippen molar-refractivity contribution in [1.29, 1.82) is 0 Å². The number of aliphatic carboxylic acids is 1. The number of rotatable bonds is 9. The molecule has 2 N–H and O–H groups in total. The number of halogens is 1. The number of alkyl halides is 1. The molecule has 2 unspecified atom stereocenters. The Kier molecular flexibility index (Phi) is 6.71. The molecule has 6 nitrogen and oxygen atoms in total. The van der Waals surface area contributed by atoms with E-state index in [9.17, 15) is 9.18 Å². The maximum absolute atomic E-state index is 13.8. The molecule has 7 heteroatoms. The zero-order chi connectivity index (χ0) is 19.9. The van der Waals surface area contributed by atoms with Crippen LogP contribution in [0.25, 0.3) is 0 Å². The van der Waals surface area contributed by atoms with Crippen molar-refractivity contribution in [1.82, 2.24) is 0 Å². The van der Waals surface area contributed by atoms with Gasteiger partial charge in [0.25, 0.3) is 6.36 Å². The molecular formula is C21H25FN2O4. The van der Waals surface area contributed by atoms with Crippen LogP contribution in [0.5, 0.6) is 5.75 Å². The molecule has 3 rings (SSSR count). The van der Waals surface area contributed by atoms with Gasteiger partial charge in [0.1, 0.15) is 5.75 Å². The molecule has 0 fully saturated rings. The molecule has 1 aliphatic heterocycles. The van der Waals surface area contributed by atoms with Gasteiger partial charge in [-0.25, -0.2) is 4.79 Å². The first-order valence-electron chi connectivity index (χ1n) is 9.30. The highest BCUT2D eigenvalue weighted by Gasteiger charge is 2.24. The lowest BCUT2D eigenvalue weighted by Crippen LogP contribution is -2.38. The quantitative estimate of drug-likeness (QED) is 0.642. The summed E-state index contributed by atoms with van der Waals surface area (Å²) in [5, 5.41) is 12.4. The highest BCUT2D eigenvalue weighted by Crippen LogP contribution is 2.33. The number of fused-ring (bicyclic) bond motifs is 1. The molecule has 28 heavy (non-hydrogen) atoms. The van der Waals surface area contributed by atoms with Gasteiger partial charge >= 0.3 is 5.97 Å². The van der Waals surface area contributed by atoms with Crippen molar-refractivity contribution in [3.05, 3.63) is 54.1 Å². The summed E-state index contributed by atoms with van der Waals surface area (Å²) in [6, 6.07) is 15.1. The van der Waals surface area contributed by atoms with Crippen LogP contribution in [0.1, 0.15) is 12.0 Å². The van der Waals surface area contributed by atoms with Crippen LogP contribution in [0.4, 0.5) is 15.8 Å². The van der Waals surface area contributed by atoms with Gasteiger partial charge in [0.05, 0.1) is 12.2 Å². The molecule has 0 aliphatic carbocycles. The Hall–Kier alpha value is -2.80. The standard InChI is InChI=1S/C21H25FN2O4/c1-27-19(21(25)26)13-15-7-9-16(10-8-15)23-11-4-12-24-14-20(22)28-18-6-3-2-5-17(18)24/h2-3,5-10,19-20,23H,4,11-14H2,1H3,(H,25,26). The van der Waals surface area contributed by atoms with Gasteiger partial charge < -0.3 is 24.8 Å². The van der Waals surface area contributed by atoms with E-state index in [1.807, 2.05) is 47.4 Å². The lowest BCUT2D eigenvalue weighted by atomic mass is 10.1. The molecule has 0 spiro atoms. The Bertz CT molecular complexity index is 784. The van der Waals surface area contributed by atoms with Gasteiger partial charge in [-0.3, -0.25) is 0 Å². The molecule has 0 amide bonds. The fourth-order valence-electron chi connectivity index (χ4n) is 3.22. The van der Waals surface area contributed by atoms with Gasteiger partial charge in [0, 0.05) is 32.3 Å². The number of anilines is 2. The van der Waals surface area contributed by atoms with Gasteiger partial charge in [-0.15, -0.1) is 0 Å². The van der Waals surface area contributed by atoms with Gasteiger partial charge in [-0.2, -0.15) is 4.39 Å². The van der Waals surface area contributed by atoms with Crippen molar-refractivity contribution in [2.75, 3.05) is 37.0 Å². The number of nitrogens with zero attached hydrogens (tertiary/aromatic N) is 1. The van der Waals surface area contributed by atoms with Crippen molar-refractivity contribution in [2.45, 2.75) is 25.3 Å². The SMILES string of the molecule is COC(Cc1ccc(NCCCN2CC(F)Oc3ccccc32)cc1)C(=O)O. The van der Waals surface area contributed by atoms with Gasteiger partial charge in [0.15, 0.2) is 6.10 Å². The second-order valence-electron chi connectivity index (χ2n) is 6.69. The van der Waals surface area contributed by atoms with Crippen LogP contribution in [0.15, 0.2) is 48.5 Å². The number of nitrogens with one attached hydrogen (secondary N) is 1. The minimum absolute atomic E-state index is 0.232. The number of carboxylic acid groups (broad SMARTS) is 1.